The van der Waals surface area contributed by atoms with E-state index in [-0.39, 0.29) is 11.9 Å². The molecule has 0 spiro atoms. The molecule has 2 heterocycles. The molecule has 0 unspecified atom stereocenters. The lowest BCUT2D eigenvalue weighted by molar-refractivity contribution is 0.0928. The molecule has 3 rings (SSSR count). The van der Waals surface area contributed by atoms with Crippen LogP contribution in [0.5, 0.6) is 0 Å². The smallest absolute Gasteiger partial charge is 0.270 e. The van der Waals surface area contributed by atoms with Crippen LogP contribution in [0, 0.1) is 0 Å². The van der Waals surface area contributed by atoms with Crippen LogP contribution < -0.4 is 10.2 Å². The Balaban J connectivity index is 1.58. The lowest BCUT2D eigenvalue weighted by Gasteiger charge is -2.18. The molecule has 0 atom stereocenters. The van der Waals surface area contributed by atoms with E-state index in [4.69, 9.17) is 0 Å². The van der Waals surface area contributed by atoms with Gasteiger partial charge in [0.2, 0.25) is 5.95 Å². The number of amides is 1. The molecular formula is C20H27N5O. The van der Waals surface area contributed by atoms with Gasteiger partial charge in [0.05, 0.1) is 0 Å². The molecule has 0 saturated heterocycles. The summed E-state index contributed by atoms with van der Waals surface area (Å²) in [6, 6.07) is 5.97. The highest BCUT2D eigenvalue weighted by Crippen LogP contribution is 2.17. The number of carbonyl (C=O) groups excluding carboxylic acids is 1. The summed E-state index contributed by atoms with van der Waals surface area (Å²) in [5, 5.41) is 3.14. The minimum Gasteiger partial charge on any atom is -0.348 e. The van der Waals surface area contributed by atoms with Gasteiger partial charge in [0.15, 0.2) is 0 Å². The van der Waals surface area contributed by atoms with E-state index in [1.54, 1.807) is 24.7 Å². The number of anilines is 1. The maximum absolute atomic E-state index is 12.6. The summed E-state index contributed by atoms with van der Waals surface area (Å²) >= 11 is 0. The standard InChI is InChI=1S/C20H27N5O/c1-25(15-11-16-8-12-21-13-9-16)20-22-14-10-18(24-20)19(26)23-17-6-4-2-3-5-7-17/h8-10,12-14,17H,2-7,11,15H2,1H3,(H,23,26). The predicted octanol–water partition coefficient (Wildman–Crippen LogP) is 3.00. The number of rotatable bonds is 6. The Morgan fingerprint density at radius 2 is 1.85 bits per heavy atom. The van der Waals surface area contributed by atoms with E-state index < -0.39 is 0 Å². The third-order valence-corrected chi connectivity index (χ3v) is 4.89. The summed E-state index contributed by atoms with van der Waals surface area (Å²) in [6.07, 6.45) is 13.2. The zero-order chi connectivity index (χ0) is 18.2. The zero-order valence-corrected chi connectivity index (χ0v) is 15.4. The Hall–Kier alpha value is -2.50. The first kappa shape index (κ1) is 18.3. The average molecular weight is 353 g/mol. The first-order chi connectivity index (χ1) is 12.7. The Labute approximate surface area is 155 Å². The first-order valence-electron chi connectivity index (χ1n) is 9.46. The van der Waals surface area contributed by atoms with Gasteiger partial charge in [0.1, 0.15) is 5.69 Å². The summed E-state index contributed by atoms with van der Waals surface area (Å²) in [5.41, 5.74) is 1.66. The number of carbonyl (C=O) groups is 1. The zero-order valence-electron chi connectivity index (χ0n) is 15.4. The van der Waals surface area contributed by atoms with Crippen LogP contribution in [0.1, 0.15) is 54.6 Å². The quantitative estimate of drug-likeness (QED) is 0.809. The highest BCUT2D eigenvalue weighted by molar-refractivity contribution is 5.92. The topological polar surface area (TPSA) is 71.0 Å². The van der Waals surface area contributed by atoms with Crippen LogP contribution >= 0.6 is 0 Å². The highest BCUT2D eigenvalue weighted by Gasteiger charge is 2.17. The number of hydrogen-bond acceptors (Lipinski definition) is 5. The molecule has 0 aliphatic heterocycles. The third-order valence-electron chi connectivity index (χ3n) is 4.89. The van der Waals surface area contributed by atoms with Gasteiger partial charge in [-0.25, -0.2) is 9.97 Å². The third kappa shape index (κ3) is 5.25. The van der Waals surface area contributed by atoms with Gasteiger partial charge in [-0.3, -0.25) is 9.78 Å². The lowest BCUT2D eigenvalue weighted by Crippen LogP contribution is -2.35. The van der Waals surface area contributed by atoms with Crippen molar-refractivity contribution in [2.75, 3.05) is 18.5 Å². The molecule has 1 aliphatic carbocycles. The summed E-state index contributed by atoms with van der Waals surface area (Å²) in [7, 11) is 1.95. The van der Waals surface area contributed by atoms with Crippen LogP contribution in [-0.2, 0) is 6.42 Å². The second-order valence-electron chi connectivity index (χ2n) is 6.93. The van der Waals surface area contributed by atoms with Crippen molar-refractivity contribution in [1.82, 2.24) is 20.3 Å². The largest absolute Gasteiger partial charge is 0.348 e. The molecule has 26 heavy (non-hydrogen) atoms. The van der Waals surface area contributed by atoms with Gasteiger partial charge >= 0.3 is 0 Å². The van der Waals surface area contributed by atoms with E-state index in [9.17, 15) is 4.79 Å². The molecular weight excluding hydrogens is 326 g/mol. The fourth-order valence-electron chi connectivity index (χ4n) is 3.29. The fourth-order valence-corrected chi connectivity index (χ4v) is 3.29. The Morgan fingerprint density at radius 1 is 1.12 bits per heavy atom. The molecule has 1 aliphatic rings. The Morgan fingerprint density at radius 3 is 2.58 bits per heavy atom. The number of pyridine rings is 1. The van der Waals surface area contributed by atoms with Gasteiger partial charge in [-0.2, -0.15) is 0 Å². The minimum absolute atomic E-state index is 0.0944. The molecule has 1 saturated carbocycles. The SMILES string of the molecule is CN(CCc1ccncc1)c1nccc(C(=O)NC2CCCCCC2)n1. The van der Waals surface area contributed by atoms with E-state index >= 15 is 0 Å². The second kappa shape index (κ2) is 9.27. The van der Waals surface area contributed by atoms with Crippen LogP contribution in [0.25, 0.3) is 0 Å². The summed E-state index contributed by atoms with van der Waals surface area (Å²) in [5.74, 6) is 0.482. The van der Waals surface area contributed by atoms with Crippen molar-refractivity contribution in [3.8, 4) is 0 Å². The van der Waals surface area contributed by atoms with Crippen LogP contribution in [0.4, 0.5) is 5.95 Å². The average Bonchev–Trinajstić information content (AvgIpc) is 2.95. The number of aromatic nitrogens is 3. The van der Waals surface area contributed by atoms with E-state index in [1.807, 2.05) is 24.1 Å². The fraction of sp³-hybridized carbons (Fsp3) is 0.500. The van der Waals surface area contributed by atoms with Crippen molar-refractivity contribution in [1.29, 1.82) is 0 Å². The molecule has 1 fully saturated rings. The molecule has 6 nitrogen and oxygen atoms in total. The summed E-state index contributed by atoms with van der Waals surface area (Å²) in [6.45, 7) is 0.776. The van der Waals surface area contributed by atoms with Gasteiger partial charge in [0.25, 0.3) is 5.91 Å². The van der Waals surface area contributed by atoms with Crippen LogP contribution in [-0.4, -0.2) is 40.5 Å². The molecule has 0 bridgehead atoms. The molecule has 0 aromatic carbocycles. The Bertz CT molecular complexity index is 698. The number of likely N-dealkylation sites (N-methyl/N-ethyl adjacent to an activating group) is 1. The highest BCUT2D eigenvalue weighted by atomic mass is 16.1. The molecule has 1 amide bonds. The van der Waals surface area contributed by atoms with Crippen molar-refractivity contribution >= 4 is 11.9 Å². The van der Waals surface area contributed by atoms with E-state index in [0.717, 1.165) is 25.8 Å². The molecule has 1 N–H and O–H groups in total. The van der Waals surface area contributed by atoms with Crippen LogP contribution in [0.2, 0.25) is 0 Å². The maximum atomic E-state index is 12.6. The number of nitrogens with zero attached hydrogens (tertiary/aromatic N) is 4. The van der Waals surface area contributed by atoms with Crippen molar-refractivity contribution in [2.24, 2.45) is 0 Å². The van der Waals surface area contributed by atoms with Crippen molar-refractivity contribution in [2.45, 2.75) is 51.0 Å². The van der Waals surface area contributed by atoms with Crippen molar-refractivity contribution < 1.29 is 4.79 Å². The summed E-state index contributed by atoms with van der Waals surface area (Å²) in [4.78, 5) is 27.3. The summed E-state index contributed by atoms with van der Waals surface area (Å²) < 4.78 is 0. The second-order valence-corrected chi connectivity index (χ2v) is 6.93. The van der Waals surface area contributed by atoms with Crippen LogP contribution in [0.15, 0.2) is 36.8 Å². The monoisotopic (exact) mass is 353 g/mol. The van der Waals surface area contributed by atoms with E-state index in [1.165, 1.54) is 31.2 Å². The number of hydrogen-bond donors (Lipinski definition) is 1. The van der Waals surface area contributed by atoms with Gasteiger partial charge in [-0.05, 0) is 43.0 Å². The maximum Gasteiger partial charge on any atom is 0.270 e. The molecule has 2 aromatic heterocycles. The van der Waals surface area contributed by atoms with Gasteiger partial charge in [-0.1, -0.05) is 25.7 Å². The van der Waals surface area contributed by atoms with Gasteiger partial charge < -0.3 is 10.2 Å². The Kier molecular flexibility index (Phi) is 6.52. The predicted molar refractivity (Wildman–Crippen MR) is 102 cm³/mol. The molecule has 2 aromatic rings. The van der Waals surface area contributed by atoms with Crippen molar-refractivity contribution in [3.05, 3.63) is 48.0 Å². The van der Waals surface area contributed by atoms with Crippen molar-refractivity contribution in [3.63, 3.8) is 0 Å². The normalized spacial score (nSPS) is 15.3. The molecule has 6 heteroatoms. The van der Waals surface area contributed by atoms with Gasteiger partial charge in [0, 0.05) is 38.2 Å². The minimum atomic E-state index is -0.0944. The van der Waals surface area contributed by atoms with Gasteiger partial charge in [-0.15, -0.1) is 0 Å². The van der Waals surface area contributed by atoms with E-state index in [2.05, 4.69) is 20.3 Å². The van der Waals surface area contributed by atoms with Crippen LogP contribution in [0.3, 0.4) is 0 Å². The molecule has 0 radical (unpaired) electrons. The number of nitrogens with one attached hydrogen (secondary N) is 1. The lowest BCUT2D eigenvalue weighted by atomic mass is 10.1. The van der Waals surface area contributed by atoms with E-state index in [0.29, 0.717) is 11.6 Å². The molecule has 138 valence electrons. The first-order valence-corrected chi connectivity index (χ1v) is 9.46.